The maximum absolute atomic E-state index is 6.13. The standard InChI is InChI=1S/C17H26BrN/c1-13(2)15-7-9-17(12-19,10-8-15)11-14-3-5-16(18)6-4-14/h3-6,13,15H,7-12,19H2,1-2H3. The summed E-state index contributed by atoms with van der Waals surface area (Å²) in [5.41, 5.74) is 7.90. The fourth-order valence-electron chi connectivity index (χ4n) is 3.41. The smallest absolute Gasteiger partial charge is 0.0175 e. The van der Waals surface area contributed by atoms with Crippen molar-refractivity contribution >= 4 is 15.9 Å². The molecule has 1 aliphatic rings. The van der Waals surface area contributed by atoms with E-state index in [9.17, 15) is 0 Å². The minimum atomic E-state index is 0.346. The first-order valence-corrected chi connectivity index (χ1v) is 8.28. The maximum atomic E-state index is 6.13. The molecule has 0 spiro atoms. The molecule has 1 aliphatic carbocycles. The minimum Gasteiger partial charge on any atom is -0.330 e. The summed E-state index contributed by atoms with van der Waals surface area (Å²) < 4.78 is 1.15. The van der Waals surface area contributed by atoms with Crippen LogP contribution in [0.1, 0.15) is 45.1 Å². The number of hydrogen-bond donors (Lipinski definition) is 1. The third-order valence-corrected chi connectivity index (χ3v) is 5.49. The molecule has 0 atom stereocenters. The Hall–Kier alpha value is -0.340. The first-order chi connectivity index (χ1) is 9.04. The highest BCUT2D eigenvalue weighted by Crippen LogP contribution is 2.43. The van der Waals surface area contributed by atoms with Crippen LogP contribution in [0.4, 0.5) is 0 Å². The van der Waals surface area contributed by atoms with Crippen molar-refractivity contribution in [2.24, 2.45) is 23.0 Å². The first kappa shape index (κ1) is 15.1. The quantitative estimate of drug-likeness (QED) is 0.847. The Balaban J connectivity index is 2.02. The Labute approximate surface area is 126 Å². The van der Waals surface area contributed by atoms with E-state index in [1.165, 1.54) is 31.2 Å². The molecule has 0 amide bonds. The van der Waals surface area contributed by atoms with Crippen molar-refractivity contribution in [2.75, 3.05) is 6.54 Å². The van der Waals surface area contributed by atoms with Crippen LogP contribution in [0.15, 0.2) is 28.7 Å². The van der Waals surface area contributed by atoms with Gasteiger partial charge < -0.3 is 5.73 Å². The normalized spacial score (nSPS) is 27.7. The summed E-state index contributed by atoms with van der Waals surface area (Å²) in [7, 11) is 0. The molecule has 1 saturated carbocycles. The predicted octanol–water partition coefficient (Wildman–Crippen LogP) is 4.78. The van der Waals surface area contributed by atoms with Crippen molar-refractivity contribution in [3.05, 3.63) is 34.3 Å². The highest BCUT2D eigenvalue weighted by molar-refractivity contribution is 9.10. The van der Waals surface area contributed by atoms with Gasteiger partial charge in [-0.3, -0.25) is 0 Å². The zero-order chi connectivity index (χ0) is 13.9. The van der Waals surface area contributed by atoms with Crippen molar-refractivity contribution in [1.82, 2.24) is 0 Å². The van der Waals surface area contributed by atoms with Crippen LogP contribution in [0.25, 0.3) is 0 Å². The SMILES string of the molecule is CC(C)C1CCC(CN)(Cc2ccc(Br)cc2)CC1. The molecule has 2 N–H and O–H groups in total. The fraction of sp³-hybridized carbons (Fsp3) is 0.647. The van der Waals surface area contributed by atoms with Crippen LogP contribution in [-0.2, 0) is 6.42 Å². The summed E-state index contributed by atoms with van der Waals surface area (Å²) in [5.74, 6) is 1.73. The molecule has 1 nitrogen and oxygen atoms in total. The van der Waals surface area contributed by atoms with Gasteiger partial charge in [0.15, 0.2) is 0 Å². The predicted molar refractivity (Wildman–Crippen MR) is 86.1 cm³/mol. The fourth-order valence-corrected chi connectivity index (χ4v) is 3.67. The van der Waals surface area contributed by atoms with E-state index in [-0.39, 0.29) is 0 Å². The Kier molecular flexibility index (Phi) is 5.08. The average molecular weight is 324 g/mol. The Morgan fingerprint density at radius 3 is 2.26 bits per heavy atom. The van der Waals surface area contributed by atoms with Gasteiger partial charge in [-0.05, 0) is 73.6 Å². The lowest BCUT2D eigenvalue weighted by Crippen LogP contribution is -2.37. The average Bonchev–Trinajstić information content (AvgIpc) is 2.42. The molecule has 0 radical (unpaired) electrons. The molecule has 19 heavy (non-hydrogen) atoms. The molecule has 1 fully saturated rings. The maximum Gasteiger partial charge on any atom is 0.0175 e. The first-order valence-electron chi connectivity index (χ1n) is 7.49. The highest BCUT2D eigenvalue weighted by Gasteiger charge is 2.34. The number of rotatable bonds is 4. The van der Waals surface area contributed by atoms with E-state index in [1.54, 1.807) is 0 Å². The topological polar surface area (TPSA) is 26.0 Å². The molecule has 2 rings (SSSR count). The summed E-state index contributed by atoms with van der Waals surface area (Å²) in [6.45, 7) is 5.54. The second-order valence-electron chi connectivity index (χ2n) is 6.59. The van der Waals surface area contributed by atoms with Crippen LogP contribution in [0.3, 0.4) is 0 Å². The van der Waals surface area contributed by atoms with Gasteiger partial charge in [0.1, 0.15) is 0 Å². The number of benzene rings is 1. The van der Waals surface area contributed by atoms with E-state index in [1.807, 2.05) is 0 Å². The Morgan fingerprint density at radius 1 is 1.21 bits per heavy atom. The minimum absolute atomic E-state index is 0.346. The zero-order valence-electron chi connectivity index (χ0n) is 12.2. The van der Waals surface area contributed by atoms with Crippen molar-refractivity contribution in [3.8, 4) is 0 Å². The van der Waals surface area contributed by atoms with Crippen LogP contribution in [0.5, 0.6) is 0 Å². The van der Waals surface area contributed by atoms with E-state index >= 15 is 0 Å². The van der Waals surface area contributed by atoms with E-state index < -0.39 is 0 Å². The Morgan fingerprint density at radius 2 is 1.79 bits per heavy atom. The van der Waals surface area contributed by atoms with Gasteiger partial charge in [0.2, 0.25) is 0 Å². The van der Waals surface area contributed by atoms with E-state index in [0.717, 1.165) is 29.3 Å². The lowest BCUT2D eigenvalue weighted by molar-refractivity contribution is 0.132. The number of nitrogens with two attached hydrogens (primary N) is 1. The van der Waals surface area contributed by atoms with Gasteiger partial charge >= 0.3 is 0 Å². The van der Waals surface area contributed by atoms with Crippen LogP contribution >= 0.6 is 15.9 Å². The van der Waals surface area contributed by atoms with Crippen molar-refractivity contribution in [2.45, 2.75) is 46.0 Å². The summed E-state index contributed by atoms with van der Waals surface area (Å²) in [6, 6.07) is 8.74. The monoisotopic (exact) mass is 323 g/mol. The van der Waals surface area contributed by atoms with Crippen molar-refractivity contribution in [3.63, 3.8) is 0 Å². The van der Waals surface area contributed by atoms with E-state index in [0.29, 0.717) is 5.41 Å². The summed E-state index contributed by atoms with van der Waals surface area (Å²) in [6.07, 6.45) is 6.43. The molecule has 0 saturated heterocycles. The molecule has 1 aromatic carbocycles. The van der Waals surface area contributed by atoms with E-state index in [2.05, 4.69) is 54.0 Å². The summed E-state index contributed by atoms with van der Waals surface area (Å²) in [4.78, 5) is 0. The molecular formula is C17H26BrN. The van der Waals surface area contributed by atoms with Crippen molar-refractivity contribution in [1.29, 1.82) is 0 Å². The summed E-state index contributed by atoms with van der Waals surface area (Å²) >= 11 is 3.50. The van der Waals surface area contributed by atoms with Gasteiger partial charge in [0, 0.05) is 4.47 Å². The molecule has 0 aliphatic heterocycles. The molecular weight excluding hydrogens is 298 g/mol. The summed E-state index contributed by atoms with van der Waals surface area (Å²) in [5, 5.41) is 0. The number of hydrogen-bond acceptors (Lipinski definition) is 1. The second kappa shape index (κ2) is 6.41. The van der Waals surface area contributed by atoms with Crippen LogP contribution in [0.2, 0.25) is 0 Å². The van der Waals surface area contributed by atoms with Gasteiger partial charge in [0.05, 0.1) is 0 Å². The van der Waals surface area contributed by atoms with Crippen LogP contribution in [0, 0.1) is 17.3 Å². The molecule has 0 unspecified atom stereocenters. The van der Waals surface area contributed by atoms with Crippen LogP contribution in [-0.4, -0.2) is 6.54 Å². The van der Waals surface area contributed by atoms with E-state index in [4.69, 9.17) is 5.73 Å². The molecule has 106 valence electrons. The largest absolute Gasteiger partial charge is 0.330 e. The van der Waals surface area contributed by atoms with Gasteiger partial charge in [0.25, 0.3) is 0 Å². The third kappa shape index (κ3) is 3.82. The van der Waals surface area contributed by atoms with Gasteiger partial charge in [-0.2, -0.15) is 0 Å². The third-order valence-electron chi connectivity index (χ3n) is 4.96. The van der Waals surface area contributed by atoms with Gasteiger partial charge in [-0.1, -0.05) is 41.9 Å². The lowest BCUT2D eigenvalue weighted by atomic mass is 9.65. The van der Waals surface area contributed by atoms with Crippen molar-refractivity contribution < 1.29 is 0 Å². The number of halogens is 1. The van der Waals surface area contributed by atoms with Gasteiger partial charge in [-0.15, -0.1) is 0 Å². The molecule has 1 aromatic rings. The zero-order valence-corrected chi connectivity index (χ0v) is 13.7. The Bertz CT molecular complexity index is 388. The molecule has 0 aromatic heterocycles. The lowest BCUT2D eigenvalue weighted by Gasteiger charge is -2.41. The molecule has 2 heteroatoms. The molecule has 0 heterocycles. The van der Waals surface area contributed by atoms with Crippen LogP contribution < -0.4 is 5.73 Å². The van der Waals surface area contributed by atoms with Gasteiger partial charge in [-0.25, -0.2) is 0 Å². The second-order valence-corrected chi connectivity index (χ2v) is 7.50. The highest BCUT2D eigenvalue weighted by atomic mass is 79.9. The molecule has 0 bridgehead atoms.